The summed E-state index contributed by atoms with van der Waals surface area (Å²) in [5.74, 6) is -2.23. The molecular weight excluding hydrogens is 406 g/mol. The van der Waals surface area contributed by atoms with Gasteiger partial charge in [0.2, 0.25) is 5.91 Å². The van der Waals surface area contributed by atoms with E-state index >= 15 is 0 Å². The summed E-state index contributed by atoms with van der Waals surface area (Å²) in [6, 6.07) is 0. The second-order valence-corrected chi connectivity index (χ2v) is 9.47. The normalized spacial score (nSPS) is 12.9. The highest BCUT2D eigenvalue weighted by Crippen LogP contribution is 2.13. The summed E-state index contributed by atoms with van der Waals surface area (Å²) in [4.78, 5) is 22.5. The first kappa shape index (κ1) is 28.6. The van der Waals surface area contributed by atoms with Gasteiger partial charge in [-0.25, -0.2) is 0 Å². The van der Waals surface area contributed by atoms with Crippen LogP contribution in [0.25, 0.3) is 0 Å². The van der Waals surface area contributed by atoms with E-state index < -0.39 is 33.7 Å². The summed E-state index contributed by atoms with van der Waals surface area (Å²) >= 11 is 0. The quantitative estimate of drug-likeness (QED) is 0.116. The third kappa shape index (κ3) is 17.4. The van der Waals surface area contributed by atoms with Crippen molar-refractivity contribution in [3.05, 3.63) is 12.3 Å². The lowest BCUT2D eigenvalue weighted by molar-refractivity contribution is -0.139. The minimum Gasteiger partial charge on any atom is -0.434 e. The summed E-state index contributed by atoms with van der Waals surface area (Å²) in [5.41, 5.74) is 4.88. The van der Waals surface area contributed by atoms with E-state index in [1.54, 1.807) is 6.08 Å². The van der Waals surface area contributed by atoms with Crippen molar-refractivity contribution >= 4 is 22.0 Å². The molecule has 0 saturated heterocycles. The number of esters is 1. The molecule has 176 valence electrons. The maximum atomic E-state index is 11.7. The van der Waals surface area contributed by atoms with E-state index in [-0.39, 0.29) is 0 Å². The van der Waals surface area contributed by atoms with Crippen LogP contribution in [0.2, 0.25) is 0 Å². The van der Waals surface area contributed by atoms with Crippen molar-refractivity contribution in [3.8, 4) is 0 Å². The van der Waals surface area contributed by atoms with Crippen molar-refractivity contribution in [2.75, 3.05) is 0 Å². The molecule has 8 heteroatoms. The predicted molar refractivity (Wildman–Crippen MR) is 119 cm³/mol. The van der Waals surface area contributed by atoms with Crippen molar-refractivity contribution < 1.29 is 27.3 Å². The number of carbonyl (C=O) groups excluding carboxylic acids is 2. The zero-order chi connectivity index (χ0) is 22.7. The smallest absolute Gasteiger partial charge is 0.332 e. The molecule has 0 bridgehead atoms. The van der Waals surface area contributed by atoms with Crippen LogP contribution in [-0.2, 0) is 24.4 Å². The van der Waals surface area contributed by atoms with Crippen molar-refractivity contribution in [2.24, 2.45) is 5.73 Å². The lowest BCUT2D eigenvalue weighted by Crippen LogP contribution is -2.35. The van der Waals surface area contributed by atoms with Crippen molar-refractivity contribution in [1.82, 2.24) is 0 Å². The summed E-state index contributed by atoms with van der Waals surface area (Å²) in [6.07, 6.45) is 20.5. The number of hydrogen-bond donors (Lipinski definition) is 2. The zero-order valence-electron chi connectivity index (χ0n) is 18.5. The van der Waals surface area contributed by atoms with Gasteiger partial charge in [-0.05, 0) is 18.9 Å². The Hall–Kier alpha value is -1.41. The molecule has 0 aliphatic rings. The highest BCUT2D eigenvalue weighted by atomic mass is 32.2. The molecule has 0 aromatic rings. The van der Waals surface area contributed by atoms with Gasteiger partial charge in [-0.15, -0.1) is 0 Å². The third-order valence-corrected chi connectivity index (χ3v) is 6.09. The highest BCUT2D eigenvalue weighted by Gasteiger charge is 2.34. The van der Waals surface area contributed by atoms with Gasteiger partial charge >= 0.3 is 5.97 Å². The minimum absolute atomic E-state index is 0.706. The second-order valence-electron chi connectivity index (χ2n) is 7.87. The Morgan fingerprint density at radius 1 is 0.867 bits per heavy atom. The van der Waals surface area contributed by atoms with E-state index in [2.05, 4.69) is 11.7 Å². The van der Waals surface area contributed by atoms with Gasteiger partial charge in [-0.2, -0.15) is 8.42 Å². The van der Waals surface area contributed by atoms with E-state index in [9.17, 15) is 18.0 Å². The molecule has 0 rings (SSSR count). The zero-order valence-corrected chi connectivity index (χ0v) is 19.3. The fourth-order valence-electron chi connectivity index (χ4n) is 3.21. The average Bonchev–Trinajstić information content (AvgIpc) is 2.67. The number of unbranched alkanes of at least 4 members (excludes halogenated alkanes) is 14. The Morgan fingerprint density at radius 3 is 1.70 bits per heavy atom. The first-order valence-corrected chi connectivity index (χ1v) is 12.9. The van der Waals surface area contributed by atoms with Gasteiger partial charge < -0.3 is 10.5 Å². The molecule has 1 amide bonds. The molecule has 1 unspecified atom stereocenters. The fourth-order valence-corrected chi connectivity index (χ4v) is 3.88. The van der Waals surface area contributed by atoms with Crippen LogP contribution in [0.5, 0.6) is 0 Å². The van der Waals surface area contributed by atoms with Crippen LogP contribution < -0.4 is 5.73 Å². The number of amides is 1. The molecule has 3 N–H and O–H groups in total. The van der Waals surface area contributed by atoms with Gasteiger partial charge in [0.15, 0.2) is 5.25 Å². The second kappa shape index (κ2) is 18.4. The first-order chi connectivity index (χ1) is 14.3. The van der Waals surface area contributed by atoms with Crippen LogP contribution in [0.15, 0.2) is 12.3 Å². The van der Waals surface area contributed by atoms with Gasteiger partial charge in [-0.3, -0.25) is 14.1 Å². The van der Waals surface area contributed by atoms with Gasteiger partial charge in [-0.1, -0.05) is 90.4 Å². The highest BCUT2D eigenvalue weighted by molar-refractivity contribution is 7.87. The molecule has 0 aliphatic carbocycles. The van der Waals surface area contributed by atoms with E-state index in [1.807, 2.05) is 0 Å². The van der Waals surface area contributed by atoms with Crippen LogP contribution in [0, 0.1) is 0 Å². The van der Waals surface area contributed by atoms with E-state index in [0.717, 1.165) is 19.1 Å². The lowest BCUT2D eigenvalue weighted by Gasteiger charge is -2.09. The molecule has 0 spiro atoms. The van der Waals surface area contributed by atoms with Crippen LogP contribution in [0.4, 0.5) is 0 Å². The molecule has 0 fully saturated rings. The predicted octanol–water partition coefficient (Wildman–Crippen LogP) is 5.05. The maximum absolute atomic E-state index is 11.7. The SMILES string of the molecule is CCCCCCCCCCCCCCCC/C=C/OC(=O)C(CC(N)=O)S(=O)(=O)O. The molecule has 0 saturated carbocycles. The summed E-state index contributed by atoms with van der Waals surface area (Å²) in [6.45, 7) is 2.24. The van der Waals surface area contributed by atoms with Crippen LogP contribution in [0.1, 0.15) is 110 Å². The summed E-state index contributed by atoms with van der Waals surface area (Å²) < 4.78 is 35.9. The van der Waals surface area contributed by atoms with E-state index in [0.29, 0.717) is 6.42 Å². The van der Waals surface area contributed by atoms with Crippen molar-refractivity contribution in [3.63, 3.8) is 0 Å². The molecule has 0 heterocycles. The van der Waals surface area contributed by atoms with Crippen molar-refractivity contribution in [2.45, 2.75) is 115 Å². The fraction of sp³-hybridized carbons (Fsp3) is 0.818. The number of rotatable bonds is 20. The topological polar surface area (TPSA) is 124 Å². The van der Waals surface area contributed by atoms with Crippen LogP contribution in [-0.4, -0.2) is 30.1 Å². The molecule has 0 aliphatic heterocycles. The Labute approximate surface area is 182 Å². The number of carbonyl (C=O) groups is 2. The Morgan fingerprint density at radius 2 is 1.30 bits per heavy atom. The van der Waals surface area contributed by atoms with Crippen molar-refractivity contribution in [1.29, 1.82) is 0 Å². The number of hydrogen-bond acceptors (Lipinski definition) is 5. The Kier molecular flexibility index (Phi) is 17.5. The average molecular weight is 448 g/mol. The van der Waals surface area contributed by atoms with Gasteiger partial charge in [0, 0.05) is 0 Å². The van der Waals surface area contributed by atoms with Gasteiger partial charge in [0.1, 0.15) is 0 Å². The molecule has 7 nitrogen and oxygen atoms in total. The molecule has 0 aromatic carbocycles. The maximum Gasteiger partial charge on any atom is 0.332 e. The molecule has 0 radical (unpaired) electrons. The van der Waals surface area contributed by atoms with Gasteiger partial charge in [0.25, 0.3) is 10.1 Å². The Bertz CT molecular complexity index is 588. The largest absolute Gasteiger partial charge is 0.434 e. The standard InChI is InChI=1S/C22H41NO6S/c1-2-3-4-5-6-7-8-9-10-11-12-13-14-15-16-17-18-29-22(25)20(19-21(23)24)30(26,27)28/h17-18,20H,2-16,19H2,1H3,(H2,23,24)(H,26,27,28)/b18-17+. The molecular formula is C22H41NO6S. The lowest BCUT2D eigenvalue weighted by atomic mass is 10.0. The molecule has 1 atom stereocenters. The first-order valence-electron chi connectivity index (χ1n) is 11.4. The van der Waals surface area contributed by atoms with E-state index in [1.165, 1.54) is 77.0 Å². The summed E-state index contributed by atoms with van der Waals surface area (Å²) in [7, 11) is -4.74. The molecule has 0 aromatic heterocycles. The third-order valence-electron chi connectivity index (χ3n) is 5.01. The number of allylic oxidation sites excluding steroid dienone is 1. The number of ether oxygens (including phenoxy) is 1. The molecule has 30 heavy (non-hydrogen) atoms. The van der Waals surface area contributed by atoms with E-state index in [4.69, 9.17) is 10.3 Å². The van der Waals surface area contributed by atoms with Crippen LogP contribution >= 0.6 is 0 Å². The monoisotopic (exact) mass is 447 g/mol. The van der Waals surface area contributed by atoms with Crippen LogP contribution in [0.3, 0.4) is 0 Å². The Balaban J connectivity index is 3.61. The minimum atomic E-state index is -4.74. The summed E-state index contributed by atoms with van der Waals surface area (Å²) in [5, 5.41) is -1.99. The van der Waals surface area contributed by atoms with Gasteiger partial charge in [0.05, 0.1) is 12.7 Å². The number of primary amides is 1. The number of nitrogens with two attached hydrogens (primary N) is 1.